The van der Waals surface area contributed by atoms with Gasteiger partial charge in [-0.25, -0.2) is 0 Å². The van der Waals surface area contributed by atoms with Gasteiger partial charge in [0.2, 0.25) is 0 Å². The van der Waals surface area contributed by atoms with Crippen molar-refractivity contribution in [3.8, 4) is 0 Å². The van der Waals surface area contributed by atoms with E-state index < -0.39 is 0 Å². The molecule has 0 saturated heterocycles. The lowest BCUT2D eigenvalue weighted by Crippen LogP contribution is -2.17. The molecule has 70 valence electrons. The number of rotatable bonds is 3. The second kappa shape index (κ2) is 3.73. The Balaban J connectivity index is 2.87. The molecule has 0 aliphatic rings. The van der Waals surface area contributed by atoms with E-state index in [2.05, 4.69) is 44.5 Å². The molecular formula is C12H17N. The van der Waals surface area contributed by atoms with Gasteiger partial charge < -0.3 is 0 Å². The van der Waals surface area contributed by atoms with Crippen molar-refractivity contribution in [3.05, 3.63) is 42.2 Å². The fraction of sp³-hybridized carbons (Fsp3) is 0.417. The lowest BCUT2D eigenvalue weighted by atomic mass is 9.80. The van der Waals surface area contributed by atoms with Crippen LogP contribution in [0.15, 0.2) is 36.7 Å². The van der Waals surface area contributed by atoms with E-state index in [1.807, 2.05) is 12.4 Å². The fourth-order valence-corrected chi connectivity index (χ4v) is 1.66. The zero-order chi connectivity index (χ0) is 9.90. The van der Waals surface area contributed by atoms with Gasteiger partial charge in [0.25, 0.3) is 0 Å². The molecule has 0 saturated carbocycles. The monoisotopic (exact) mass is 175 g/mol. The summed E-state index contributed by atoms with van der Waals surface area (Å²) in [6, 6.07) is 4.14. The minimum absolute atomic E-state index is 0.175. The van der Waals surface area contributed by atoms with Crippen molar-refractivity contribution in [2.45, 2.75) is 32.6 Å². The summed E-state index contributed by atoms with van der Waals surface area (Å²) in [5, 5.41) is 0. The number of pyridine rings is 1. The highest BCUT2D eigenvalue weighted by Crippen LogP contribution is 2.28. The van der Waals surface area contributed by atoms with Gasteiger partial charge in [0.1, 0.15) is 0 Å². The Bertz CT molecular complexity index is 285. The van der Waals surface area contributed by atoms with Gasteiger partial charge >= 0.3 is 0 Å². The molecule has 0 bridgehead atoms. The SMILES string of the molecule is C=C(C)CC(C)(C)c1ccncc1. The van der Waals surface area contributed by atoms with Crippen molar-refractivity contribution < 1.29 is 0 Å². The Kier molecular flexibility index (Phi) is 2.86. The Morgan fingerprint density at radius 2 is 1.92 bits per heavy atom. The zero-order valence-electron chi connectivity index (χ0n) is 8.67. The van der Waals surface area contributed by atoms with E-state index in [1.165, 1.54) is 11.1 Å². The summed E-state index contributed by atoms with van der Waals surface area (Å²) in [6.45, 7) is 10.5. The van der Waals surface area contributed by atoms with E-state index in [4.69, 9.17) is 0 Å². The van der Waals surface area contributed by atoms with Crippen molar-refractivity contribution >= 4 is 0 Å². The maximum Gasteiger partial charge on any atom is 0.0270 e. The molecule has 1 heterocycles. The van der Waals surface area contributed by atoms with Gasteiger partial charge in [-0.2, -0.15) is 0 Å². The lowest BCUT2D eigenvalue weighted by Gasteiger charge is -2.25. The summed E-state index contributed by atoms with van der Waals surface area (Å²) in [5.74, 6) is 0. The molecule has 0 amide bonds. The van der Waals surface area contributed by atoms with E-state index in [-0.39, 0.29) is 5.41 Å². The maximum atomic E-state index is 4.02. The predicted octanol–water partition coefficient (Wildman–Crippen LogP) is 3.33. The summed E-state index contributed by atoms with van der Waals surface area (Å²) < 4.78 is 0. The molecule has 0 unspecified atom stereocenters. The van der Waals surface area contributed by atoms with Crippen LogP contribution in [0.1, 0.15) is 32.8 Å². The molecule has 1 aromatic rings. The lowest BCUT2D eigenvalue weighted by molar-refractivity contribution is 0.520. The Labute approximate surface area is 80.5 Å². The summed E-state index contributed by atoms with van der Waals surface area (Å²) >= 11 is 0. The molecule has 0 spiro atoms. The van der Waals surface area contributed by atoms with Crippen LogP contribution in [-0.4, -0.2) is 4.98 Å². The predicted molar refractivity (Wildman–Crippen MR) is 56.7 cm³/mol. The second-order valence-electron chi connectivity index (χ2n) is 4.25. The second-order valence-corrected chi connectivity index (χ2v) is 4.25. The first-order valence-corrected chi connectivity index (χ1v) is 4.57. The largest absolute Gasteiger partial charge is 0.265 e. The van der Waals surface area contributed by atoms with Crippen LogP contribution in [0.25, 0.3) is 0 Å². The average molecular weight is 175 g/mol. The number of aromatic nitrogens is 1. The normalized spacial score (nSPS) is 11.3. The highest BCUT2D eigenvalue weighted by molar-refractivity contribution is 5.22. The molecule has 0 aromatic carbocycles. The number of hydrogen-bond acceptors (Lipinski definition) is 1. The van der Waals surface area contributed by atoms with Gasteiger partial charge in [-0.15, -0.1) is 6.58 Å². The standard InChI is InChI=1S/C12H17N/c1-10(2)9-12(3,4)11-5-7-13-8-6-11/h5-8H,1,9H2,2-4H3. The number of hydrogen-bond donors (Lipinski definition) is 0. The zero-order valence-corrected chi connectivity index (χ0v) is 8.67. The quantitative estimate of drug-likeness (QED) is 0.642. The van der Waals surface area contributed by atoms with Gasteiger partial charge in [-0.3, -0.25) is 4.98 Å². The van der Waals surface area contributed by atoms with Gasteiger partial charge in [0.05, 0.1) is 0 Å². The molecular weight excluding hydrogens is 158 g/mol. The first kappa shape index (κ1) is 9.97. The maximum absolute atomic E-state index is 4.02. The minimum Gasteiger partial charge on any atom is -0.265 e. The van der Waals surface area contributed by atoms with E-state index >= 15 is 0 Å². The van der Waals surface area contributed by atoms with Gasteiger partial charge in [-0.1, -0.05) is 19.4 Å². The minimum atomic E-state index is 0.175. The first-order valence-electron chi connectivity index (χ1n) is 4.57. The van der Waals surface area contributed by atoms with E-state index in [0.717, 1.165) is 6.42 Å². The number of nitrogens with zero attached hydrogens (tertiary/aromatic N) is 1. The van der Waals surface area contributed by atoms with Crippen molar-refractivity contribution in [2.75, 3.05) is 0 Å². The molecule has 0 atom stereocenters. The number of allylic oxidation sites excluding steroid dienone is 1. The highest BCUT2D eigenvalue weighted by Gasteiger charge is 2.19. The third-order valence-corrected chi connectivity index (χ3v) is 2.21. The molecule has 0 radical (unpaired) electrons. The summed E-state index contributed by atoms with van der Waals surface area (Å²) in [6.07, 6.45) is 4.71. The molecule has 1 aromatic heterocycles. The highest BCUT2D eigenvalue weighted by atomic mass is 14.6. The third kappa shape index (κ3) is 2.69. The van der Waals surface area contributed by atoms with Crippen molar-refractivity contribution in [1.82, 2.24) is 4.98 Å². The summed E-state index contributed by atoms with van der Waals surface area (Å²) in [7, 11) is 0. The molecule has 1 nitrogen and oxygen atoms in total. The van der Waals surface area contributed by atoms with E-state index in [0.29, 0.717) is 0 Å². The Morgan fingerprint density at radius 3 is 2.38 bits per heavy atom. The van der Waals surface area contributed by atoms with E-state index in [9.17, 15) is 0 Å². The topological polar surface area (TPSA) is 12.9 Å². The Hall–Kier alpha value is -1.11. The van der Waals surface area contributed by atoms with Crippen LogP contribution in [0.4, 0.5) is 0 Å². The average Bonchev–Trinajstić information content (AvgIpc) is 2.04. The first-order chi connectivity index (χ1) is 6.02. The van der Waals surface area contributed by atoms with Crippen molar-refractivity contribution in [2.24, 2.45) is 0 Å². The van der Waals surface area contributed by atoms with E-state index in [1.54, 1.807) is 0 Å². The van der Waals surface area contributed by atoms with Gasteiger partial charge in [-0.05, 0) is 36.5 Å². The van der Waals surface area contributed by atoms with Crippen LogP contribution < -0.4 is 0 Å². The Morgan fingerprint density at radius 1 is 1.38 bits per heavy atom. The summed E-state index contributed by atoms with van der Waals surface area (Å²) in [5.41, 5.74) is 2.72. The van der Waals surface area contributed by atoms with Gasteiger partial charge in [0, 0.05) is 12.4 Å². The molecule has 13 heavy (non-hydrogen) atoms. The molecule has 0 aliphatic heterocycles. The van der Waals surface area contributed by atoms with Crippen LogP contribution in [0.5, 0.6) is 0 Å². The third-order valence-electron chi connectivity index (χ3n) is 2.21. The molecule has 0 N–H and O–H groups in total. The van der Waals surface area contributed by atoms with Crippen LogP contribution >= 0.6 is 0 Å². The van der Waals surface area contributed by atoms with Crippen LogP contribution in [-0.2, 0) is 5.41 Å². The van der Waals surface area contributed by atoms with Crippen LogP contribution in [0.3, 0.4) is 0 Å². The smallest absolute Gasteiger partial charge is 0.0270 e. The van der Waals surface area contributed by atoms with Crippen molar-refractivity contribution in [1.29, 1.82) is 0 Å². The summed E-state index contributed by atoms with van der Waals surface area (Å²) in [4.78, 5) is 4.02. The molecule has 0 fully saturated rings. The molecule has 1 heteroatoms. The van der Waals surface area contributed by atoms with Crippen LogP contribution in [0, 0.1) is 0 Å². The van der Waals surface area contributed by atoms with Gasteiger partial charge in [0.15, 0.2) is 0 Å². The molecule has 0 aliphatic carbocycles. The van der Waals surface area contributed by atoms with Crippen molar-refractivity contribution in [3.63, 3.8) is 0 Å². The van der Waals surface area contributed by atoms with Crippen LogP contribution in [0.2, 0.25) is 0 Å². The molecule has 1 rings (SSSR count). The fourth-order valence-electron chi connectivity index (χ4n) is 1.66.